The molecule has 2 aromatic heterocycles. The zero-order chi connectivity index (χ0) is 16.2. The highest BCUT2D eigenvalue weighted by atomic mass is 32.2. The number of halogens is 1. The van der Waals surface area contributed by atoms with Crippen LogP contribution in [0.4, 0.5) is 4.39 Å². The second-order valence-corrected chi connectivity index (χ2v) is 6.01. The lowest BCUT2D eigenvalue weighted by Gasteiger charge is -2.12. The summed E-state index contributed by atoms with van der Waals surface area (Å²) >= 11 is 1.17. The summed E-state index contributed by atoms with van der Waals surface area (Å²) in [6, 6.07) is 11.7. The van der Waals surface area contributed by atoms with Crippen LogP contribution in [0.1, 0.15) is 18.8 Å². The molecule has 118 valence electrons. The Morgan fingerprint density at radius 2 is 2.04 bits per heavy atom. The Morgan fingerprint density at radius 1 is 1.26 bits per heavy atom. The van der Waals surface area contributed by atoms with Crippen molar-refractivity contribution in [3.05, 3.63) is 60.3 Å². The highest BCUT2D eigenvalue weighted by Gasteiger charge is 2.16. The van der Waals surface area contributed by atoms with Crippen molar-refractivity contribution in [3.8, 4) is 0 Å². The van der Waals surface area contributed by atoms with Crippen LogP contribution in [0.2, 0.25) is 0 Å². The lowest BCUT2D eigenvalue weighted by Crippen LogP contribution is -2.29. The van der Waals surface area contributed by atoms with Gasteiger partial charge in [-0.15, -0.1) is 22.0 Å². The van der Waals surface area contributed by atoms with Crippen LogP contribution in [0, 0.1) is 5.82 Å². The fourth-order valence-corrected chi connectivity index (χ4v) is 2.96. The molecule has 0 fully saturated rings. The molecule has 0 radical (unpaired) electrons. The molecular formula is C16H15FN4OS. The topological polar surface area (TPSA) is 59.3 Å². The predicted molar refractivity (Wildman–Crippen MR) is 86.7 cm³/mol. The van der Waals surface area contributed by atoms with E-state index in [1.807, 2.05) is 35.7 Å². The van der Waals surface area contributed by atoms with Crippen LogP contribution in [-0.4, -0.2) is 26.3 Å². The Kier molecular flexibility index (Phi) is 4.57. The number of pyridine rings is 1. The van der Waals surface area contributed by atoms with Gasteiger partial charge in [-0.25, -0.2) is 4.39 Å². The van der Waals surface area contributed by atoms with E-state index in [0.717, 1.165) is 5.65 Å². The number of aromatic nitrogens is 3. The van der Waals surface area contributed by atoms with E-state index in [-0.39, 0.29) is 23.5 Å². The maximum atomic E-state index is 13.5. The SMILES string of the molecule is CC(NC(=O)CSc1ccccc1F)c1nnc2ccccn12. The van der Waals surface area contributed by atoms with Crippen molar-refractivity contribution in [2.75, 3.05) is 5.75 Å². The van der Waals surface area contributed by atoms with E-state index in [1.165, 1.54) is 17.8 Å². The summed E-state index contributed by atoms with van der Waals surface area (Å²) in [6.07, 6.45) is 1.85. The highest BCUT2D eigenvalue weighted by Crippen LogP contribution is 2.21. The van der Waals surface area contributed by atoms with Crippen molar-refractivity contribution in [1.82, 2.24) is 19.9 Å². The van der Waals surface area contributed by atoms with Gasteiger partial charge in [0, 0.05) is 11.1 Å². The Balaban J connectivity index is 1.62. The molecule has 0 saturated heterocycles. The highest BCUT2D eigenvalue weighted by molar-refractivity contribution is 8.00. The zero-order valence-electron chi connectivity index (χ0n) is 12.4. The second-order valence-electron chi connectivity index (χ2n) is 5.00. The molecule has 0 aliphatic heterocycles. The maximum Gasteiger partial charge on any atom is 0.230 e. The van der Waals surface area contributed by atoms with Gasteiger partial charge in [0.2, 0.25) is 5.91 Å². The molecule has 1 N–H and O–H groups in total. The number of carbonyl (C=O) groups is 1. The fourth-order valence-electron chi connectivity index (χ4n) is 2.21. The van der Waals surface area contributed by atoms with Gasteiger partial charge in [0.05, 0.1) is 11.8 Å². The lowest BCUT2D eigenvalue weighted by atomic mass is 10.3. The van der Waals surface area contributed by atoms with E-state index >= 15 is 0 Å². The van der Waals surface area contributed by atoms with Gasteiger partial charge in [-0.05, 0) is 31.2 Å². The van der Waals surface area contributed by atoms with E-state index in [9.17, 15) is 9.18 Å². The van der Waals surface area contributed by atoms with Crippen LogP contribution in [0.3, 0.4) is 0 Å². The molecule has 1 amide bonds. The number of nitrogens with zero attached hydrogens (tertiary/aromatic N) is 3. The van der Waals surface area contributed by atoms with Crippen molar-refractivity contribution in [3.63, 3.8) is 0 Å². The fraction of sp³-hybridized carbons (Fsp3) is 0.188. The Morgan fingerprint density at radius 3 is 2.87 bits per heavy atom. The number of hydrogen-bond donors (Lipinski definition) is 1. The summed E-state index contributed by atoms with van der Waals surface area (Å²) in [5, 5.41) is 11.0. The molecule has 0 spiro atoms. The van der Waals surface area contributed by atoms with E-state index in [4.69, 9.17) is 0 Å². The quantitative estimate of drug-likeness (QED) is 0.731. The first kappa shape index (κ1) is 15.5. The third-order valence-electron chi connectivity index (χ3n) is 3.30. The number of thioether (sulfide) groups is 1. The largest absolute Gasteiger partial charge is 0.346 e. The van der Waals surface area contributed by atoms with Crippen LogP contribution < -0.4 is 5.32 Å². The number of benzene rings is 1. The molecule has 3 rings (SSSR count). The summed E-state index contributed by atoms with van der Waals surface area (Å²) in [5.74, 6) is 0.298. The van der Waals surface area contributed by atoms with Crippen molar-refractivity contribution in [1.29, 1.82) is 0 Å². The number of rotatable bonds is 5. The molecule has 0 saturated carbocycles. The summed E-state index contributed by atoms with van der Waals surface area (Å²) in [4.78, 5) is 12.5. The zero-order valence-corrected chi connectivity index (χ0v) is 13.3. The van der Waals surface area contributed by atoms with Gasteiger partial charge in [0.1, 0.15) is 5.82 Å². The van der Waals surface area contributed by atoms with Crippen molar-refractivity contribution in [2.45, 2.75) is 17.9 Å². The minimum atomic E-state index is -0.318. The Labute approximate surface area is 136 Å². The van der Waals surface area contributed by atoms with Crippen molar-refractivity contribution in [2.24, 2.45) is 0 Å². The maximum absolute atomic E-state index is 13.5. The lowest BCUT2D eigenvalue weighted by molar-refractivity contribution is -0.119. The smallest absolute Gasteiger partial charge is 0.230 e. The molecule has 0 aliphatic carbocycles. The van der Waals surface area contributed by atoms with Crippen LogP contribution >= 0.6 is 11.8 Å². The summed E-state index contributed by atoms with van der Waals surface area (Å²) < 4.78 is 15.4. The monoisotopic (exact) mass is 330 g/mol. The molecule has 1 unspecified atom stereocenters. The molecule has 1 aromatic carbocycles. The summed E-state index contributed by atoms with van der Waals surface area (Å²) in [7, 11) is 0. The molecule has 0 bridgehead atoms. The molecule has 7 heteroatoms. The van der Waals surface area contributed by atoms with Crippen LogP contribution in [0.5, 0.6) is 0 Å². The number of carbonyl (C=O) groups excluding carboxylic acids is 1. The van der Waals surface area contributed by atoms with Gasteiger partial charge in [0.15, 0.2) is 11.5 Å². The van der Waals surface area contributed by atoms with Crippen molar-refractivity contribution >= 4 is 23.3 Å². The summed E-state index contributed by atoms with van der Waals surface area (Å²) in [5.41, 5.74) is 0.726. The van der Waals surface area contributed by atoms with Crippen molar-refractivity contribution < 1.29 is 9.18 Å². The first-order valence-electron chi connectivity index (χ1n) is 7.11. The molecule has 23 heavy (non-hydrogen) atoms. The Bertz CT molecular complexity index is 836. The Hall–Kier alpha value is -2.41. The average Bonchev–Trinajstić information content (AvgIpc) is 2.98. The minimum absolute atomic E-state index is 0.141. The molecule has 0 aliphatic rings. The standard InChI is InChI=1S/C16H15FN4OS/c1-11(16-20-19-14-8-4-5-9-21(14)16)18-15(22)10-23-13-7-3-2-6-12(13)17/h2-9,11H,10H2,1H3,(H,18,22). The molecular weight excluding hydrogens is 315 g/mol. The number of nitrogens with one attached hydrogen (secondary N) is 1. The normalized spacial score (nSPS) is 12.3. The second kappa shape index (κ2) is 6.78. The van der Waals surface area contributed by atoms with E-state index in [2.05, 4.69) is 15.5 Å². The number of hydrogen-bond acceptors (Lipinski definition) is 4. The minimum Gasteiger partial charge on any atom is -0.346 e. The predicted octanol–water partition coefficient (Wildman–Crippen LogP) is 2.84. The van der Waals surface area contributed by atoms with Gasteiger partial charge in [0.25, 0.3) is 0 Å². The molecule has 5 nitrogen and oxygen atoms in total. The third kappa shape index (κ3) is 3.50. The van der Waals surface area contributed by atoms with E-state index in [1.54, 1.807) is 18.2 Å². The van der Waals surface area contributed by atoms with Gasteiger partial charge in [-0.3, -0.25) is 9.20 Å². The molecule has 1 atom stereocenters. The van der Waals surface area contributed by atoms with Crippen LogP contribution in [0.15, 0.2) is 53.6 Å². The first-order chi connectivity index (χ1) is 11.1. The molecule has 2 heterocycles. The van der Waals surface area contributed by atoms with Gasteiger partial charge in [-0.1, -0.05) is 18.2 Å². The van der Waals surface area contributed by atoms with Gasteiger partial charge >= 0.3 is 0 Å². The number of amides is 1. The van der Waals surface area contributed by atoms with Crippen LogP contribution in [-0.2, 0) is 4.79 Å². The third-order valence-corrected chi connectivity index (χ3v) is 4.35. The van der Waals surface area contributed by atoms with E-state index in [0.29, 0.717) is 10.7 Å². The number of fused-ring (bicyclic) bond motifs is 1. The first-order valence-corrected chi connectivity index (χ1v) is 8.10. The van der Waals surface area contributed by atoms with Gasteiger partial charge < -0.3 is 5.32 Å². The van der Waals surface area contributed by atoms with Gasteiger partial charge in [-0.2, -0.15) is 0 Å². The average molecular weight is 330 g/mol. The van der Waals surface area contributed by atoms with E-state index < -0.39 is 0 Å². The molecule has 3 aromatic rings. The van der Waals surface area contributed by atoms with Crippen LogP contribution in [0.25, 0.3) is 5.65 Å². The summed E-state index contributed by atoms with van der Waals surface area (Å²) in [6.45, 7) is 1.84.